The molecule has 0 aromatic heterocycles. The SMILES string of the molecule is CCN(CC)S(=O)(=O)c1ccc2c(c1)C1C=CCC1C(c1ccc(C(C)C)cc1)N2. The molecule has 2 aromatic rings. The van der Waals surface area contributed by atoms with Crippen LogP contribution in [-0.4, -0.2) is 25.8 Å². The van der Waals surface area contributed by atoms with E-state index in [1.165, 1.54) is 15.4 Å². The molecule has 2 aromatic carbocycles. The fourth-order valence-corrected chi connectivity index (χ4v) is 6.36. The lowest BCUT2D eigenvalue weighted by atomic mass is 9.77. The summed E-state index contributed by atoms with van der Waals surface area (Å²) in [6.45, 7) is 9.15. The van der Waals surface area contributed by atoms with Gasteiger partial charge in [-0.15, -0.1) is 0 Å². The van der Waals surface area contributed by atoms with Crippen molar-refractivity contribution < 1.29 is 8.42 Å². The van der Waals surface area contributed by atoms with Crippen molar-refractivity contribution in [2.45, 2.75) is 56.9 Å². The predicted octanol–water partition coefficient (Wildman–Crippen LogP) is 5.67. The Morgan fingerprint density at radius 1 is 1.07 bits per heavy atom. The van der Waals surface area contributed by atoms with Gasteiger partial charge in [-0.2, -0.15) is 4.31 Å². The van der Waals surface area contributed by atoms with Crippen LogP contribution >= 0.6 is 0 Å². The summed E-state index contributed by atoms with van der Waals surface area (Å²) in [5.74, 6) is 1.16. The first-order valence-electron chi connectivity index (χ1n) is 11.0. The Kier molecular flexibility index (Phi) is 5.78. The second kappa shape index (κ2) is 8.20. The van der Waals surface area contributed by atoms with Crippen LogP contribution in [0, 0.1) is 5.92 Å². The number of hydrogen-bond acceptors (Lipinski definition) is 3. The maximum Gasteiger partial charge on any atom is 0.243 e. The van der Waals surface area contributed by atoms with Crippen LogP contribution in [0.5, 0.6) is 0 Å². The maximum absolute atomic E-state index is 13.0. The van der Waals surface area contributed by atoms with E-state index < -0.39 is 10.0 Å². The molecule has 4 rings (SSSR count). The van der Waals surface area contributed by atoms with Crippen LogP contribution in [0.2, 0.25) is 0 Å². The summed E-state index contributed by atoms with van der Waals surface area (Å²) in [4.78, 5) is 0.394. The standard InChI is InChI=1S/C25H32N2O2S/c1-5-27(6-2)30(28,29)20-14-15-24-23(16-20)21-8-7-9-22(21)25(26-24)19-12-10-18(11-13-19)17(3)4/h7-8,10-17,21-22,25-26H,5-6,9H2,1-4H3. The van der Waals surface area contributed by atoms with Crippen molar-refractivity contribution in [2.24, 2.45) is 5.92 Å². The summed E-state index contributed by atoms with van der Waals surface area (Å²) in [5.41, 5.74) is 4.78. The third-order valence-corrected chi connectivity index (χ3v) is 8.69. The fraction of sp³-hybridized carbons (Fsp3) is 0.440. The number of fused-ring (bicyclic) bond motifs is 3. The highest BCUT2D eigenvalue weighted by Gasteiger charge is 2.38. The first-order valence-corrected chi connectivity index (χ1v) is 12.5. The third-order valence-electron chi connectivity index (χ3n) is 6.64. The highest BCUT2D eigenvalue weighted by molar-refractivity contribution is 7.89. The van der Waals surface area contributed by atoms with Gasteiger partial charge in [0.2, 0.25) is 10.0 Å². The maximum atomic E-state index is 13.0. The van der Waals surface area contributed by atoms with E-state index in [0.717, 1.165) is 17.7 Å². The molecular weight excluding hydrogens is 392 g/mol. The van der Waals surface area contributed by atoms with Crippen LogP contribution in [0.4, 0.5) is 5.69 Å². The van der Waals surface area contributed by atoms with Crippen LogP contribution in [0.25, 0.3) is 0 Å². The van der Waals surface area contributed by atoms with Gasteiger partial charge < -0.3 is 5.32 Å². The molecule has 0 spiro atoms. The van der Waals surface area contributed by atoms with Gasteiger partial charge in [-0.25, -0.2) is 8.42 Å². The number of allylic oxidation sites excluding steroid dienone is 2. The molecule has 5 heteroatoms. The first-order chi connectivity index (χ1) is 14.4. The minimum Gasteiger partial charge on any atom is -0.378 e. The first kappa shape index (κ1) is 21.1. The van der Waals surface area contributed by atoms with E-state index in [1.54, 1.807) is 6.07 Å². The fourth-order valence-electron chi connectivity index (χ4n) is 4.86. The second-order valence-corrected chi connectivity index (χ2v) is 10.6. The molecule has 3 unspecified atom stereocenters. The zero-order chi connectivity index (χ0) is 21.5. The number of sulfonamides is 1. The van der Waals surface area contributed by atoms with Gasteiger partial charge >= 0.3 is 0 Å². The number of nitrogens with one attached hydrogen (secondary N) is 1. The average molecular weight is 425 g/mol. The molecule has 0 bridgehead atoms. The zero-order valence-corrected chi connectivity index (χ0v) is 19.1. The minimum atomic E-state index is -3.46. The van der Waals surface area contributed by atoms with Gasteiger partial charge in [0.15, 0.2) is 0 Å². The van der Waals surface area contributed by atoms with E-state index in [-0.39, 0.29) is 12.0 Å². The minimum absolute atomic E-state index is 0.226. The van der Waals surface area contributed by atoms with Crippen LogP contribution in [0.15, 0.2) is 59.5 Å². The molecule has 0 fully saturated rings. The van der Waals surface area contributed by atoms with E-state index in [0.29, 0.717) is 29.8 Å². The van der Waals surface area contributed by atoms with Gasteiger partial charge in [-0.1, -0.05) is 64.1 Å². The topological polar surface area (TPSA) is 49.4 Å². The summed E-state index contributed by atoms with van der Waals surface area (Å²) in [7, 11) is -3.46. The van der Waals surface area contributed by atoms with Gasteiger partial charge in [0.25, 0.3) is 0 Å². The Balaban J connectivity index is 1.70. The Morgan fingerprint density at radius 3 is 2.40 bits per heavy atom. The van der Waals surface area contributed by atoms with Crippen LogP contribution < -0.4 is 5.32 Å². The van der Waals surface area contributed by atoms with E-state index in [1.807, 2.05) is 26.0 Å². The molecule has 0 radical (unpaired) electrons. The van der Waals surface area contributed by atoms with E-state index in [9.17, 15) is 8.42 Å². The number of benzene rings is 2. The van der Waals surface area contributed by atoms with Crippen molar-refractivity contribution in [1.29, 1.82) is 0 Å². The molecule has 0 saturated heterocycles. The third kappa shape index (κ3) is 3.58. The van der Waals surface area contributed by atoms with Crippen LogP contribution in [0.3, 0.4) is 0 Å². The summed E-state index contributed by atoms with van der Waals surface area (Å²) >= 11 is 0. The average Bonchev–Trinajstić information content (AvgIpc) is 3.24. The Hall–Kier alpha value is -2.11. The van der Waals surface area contributed by atoms with Gasteiger partial charge in [0, 0.05) is 24.7 Å². The molecule has 2 aliphatic rings. The Bertz CT molecular complexity index is 1040. The van der Waals surface area contributed by atoms with E-state index >= 15 is 0 Å². The number of hydrogen-bond donors (Lipinski definition) is 1. The molecule has 0 amide bonds. The highest BCUT2D eigenvalue weighted by atomic mass is 32.2. The summed E-state index contributed by atoms with van der Waals surface area (Å²) in [6.07, 6.45) is 5.50. The lowest BCUT2D eigenvalue weighted by Crippen LogP contribution is -2.32. The molecule has 1 aliphatic carbocycles. The Morgan fingerprint density at radius 2 is 1.77 bits per heavy atom. The molecule has 4 nitrogen and oxygen atoms in total. The second-order valence-electron chi connectivity index (χ2n) is 8.64. The monoisotopic (exact) mass is 424 g/mol. The summed E-state index contributed by atoms with van der Waals surface area (Å²) < 4.78 is 27.6. The van der Waals surface area contributed by atoms with Crippen LogP contribution in [0.1, 0.15) is 68.7 Å². The van der Waals surface area contributed by atoms with Gasteiger partial charge in [-0.05, 0) is 53.1 Å². The van der Waals surface area contributed by atoms with Gasteiger partial charge in [0.1, 0.15) is 0 Å². The predicted molar refractivity (Wildman–Crippen MR) is 123 cm³/mol. The van der Waals surface area contributed by atoms with E-state index in [4.69, 9.17) is 0 Å². The number of nitrogens with zero attached hydrogens (tertiary/aromatic N) is 1. The zero-order valence-electron chi connectivity index (χ0n) is 18.3. The van der Waals surface area contributed by atoms with Crippen molar-refractivity contribution in [1.82, 2.24) is 4.31 Å². The molecule has 0 saturated carbocycles. The largest absolute Gasteiger partial charge is 0.378 e. The van der Waals surface area contributed by atoms with E-state index in [2.05, 4.69) is 55.6 Å². The number of anilines is 1. The molecular formula is C25H32N2O2S. The van der Waals surface area contributed by atoms with Gasteiger partial charge in [-0.3, -0.25) is 0 Å². The smallest absolute Gasteiger partial charge is 0.243 e. The molecule has 3 atom stereocenters. The van der Waals surface area contributed by atoms with Crippen molar-refractivity contribution in [3.63, 3.8) is 0 Å². The van der Waals surface area contributed by atoms with Crippen molar-refractivity contribution in [3.05, 3.63) is 71.3 Å². The Labute approximate surface area is 181 Å². The van der Waals surface area contributed by atoms with Crippen molar-refractivity contribution in [2.75, 3.05) is 18.4 Å². The molecule has 1 N–H and O–H groups in total. The summed E-state index contributed by atoms with van der Waals surface area (Å²) in [6, 6.07) is 14.8. The van der Waals surface area contributed by atoms with Crippen molar-refractivity contribution >= 4 is 15.7 Å². The lowest BCUT2D eigenvalue weighted by molar-refractivity contribution is 0.424. The van der Waals surface area contributed by atoms with Gasteiger partial charge in [0.05, 0.1) is 10.9 Å². The summed E-state index contributed by atoms with van der Waals surface area (Å²) in [5, 5.41) is 3.72. The van der Waals surface area contributed by atoms with Crippen molar-refractivity contribution in [3.8, 4) is 0 Å². The molecule has 1 aliphatic heterocycles. The lowest BCUT2D eigenvalue weighted by Gasteiger charge is -2.38. The quantitative estimate of drug-likeness (QED) is 0.608. The normalized spacial score (nSPS) is 22.8. The molecule has 160 valence electrons. The number of rotatable bonds is 6. The molecule has 30 heavy (non-hydrogen) atoms. The van der Waals surface area contributed by atoms with Crippen LogP contribution in [-0.2, 0) is 10.0 Å². The highest BCUT2D eigenvalue weighted by Crippen LogP contribution is 2.50. The molecule has 1 heterocycles.